The molecule has 1 aromatic heterocycles. The highest BCUT2D eigenvalue weighted by atomic mass is 35.5. The molecule has 0 aliphatic carbocycles. The van der Waals surface area contributed by atoms with E-state index in [1.165, 1.54) is 18.2 Å². The summed E-state index contributed by atoms with van der Waals surface area (Å²) in [5, 5.41) is 8.85. The van der Waals surface area contributed by atoms with Gasteiger partial charge in [-0.3, -0.25) is 0 Å². The molecule has 94 valence electrons. The maximum atomic E-state index is 12.7. The monoisotopic (exact) mass is 267 g/mol. The van der Waals surface area contributed by atoms with Gasteiger partial charge in [0.25, 0.3) is 0 Å². The highest BCUT2D eigenvalue weighted by molar-refractivity contribution is 5.86. The first kappa shape index (κ1) is 14.1. The third-order valence-electron chi connectivity index (χ3n) is 2.38. The van der Waals surface area contributed by atoms with Crippen molar-refractivity contribution in [2.45, 2.75) is 6.54 Å². The van der Waals surface area contributed by atoms with Gasteiger partial charge >= 0.3 is 5.97 Å². The Bertz CT molecular complexity index is 543. The molecule has 0 aliphatic rings. The number of rotatable bonds is 3. The number of aromatic carboxylic acids is 1. The Kier molecular flexibility index (Phi) is 4.80. The van der Waals surface area contributed by atoms with E-state index in [1.807, 2.05) is 0 Å². The van der Waals surface area contributed by atoms with Crippen molar-refractivity contribution in [3.63, 3.8) is 0 Å². The number of hydrogen-bond donors (Lipinski definition) is 1. The van der Waals surface area contributed by atoms with Gasteiger partial charge in [-0.05, 0) is 30.3 Å². The Morgan fingerprint density at radius 2 is 1.89 bits per heavy atom. The predicted octanol–water partition coefficient (Wildman–Crippen LogP) is -1.14. The van der Waals surface area contributed by atoms with Gasteiger partial charge in [0.15, 0.2) is 18.9 Å². The average Bonchev–Trinajstić information content (AvgIpc) is 2.32. The molecule has 1 aromatic carbocycles. The molecule has 1 heterocycles. The third kappa shape index (κ3) is 3.53. The molecule has 1 N–H and O–H groups in total. The van der Waals surface area contributed by atoms with Crippen LogP contribution >= 0.6 is 0 Å². The minimum atomic E-state index is -0.960. The first-order valence-corrected chi connectivity index (χ1v) is 5.12. The highest BCUT2D eigenvalue weighted by Gasteiger charge is 2.09. The molecule has 0 aliphatic heterocycles. The summed E-state index contributed by atoms with van der Waals surface area (Å²) >= 11 is 0. The van der Waals surface area contributed by atoms with Crippen molar-refractivity contribution in [1.29, 1.82) is 0 Å². The van der Waals surface area contributed by atoms with E-state index < -0.39 is 5.97 Å². The lowest BCUT2D eigenvalue weighted by atomic mass is 10.2. The quantitative estimate of drug-likeness (QED) is 0.715. The lowest BCUT2D eigenvalue weighted by Gasteiger charge is -1.98. The van der Waals surface area contributed by atoms with Gasteiger partial charge < -0.3 is 17.5 Å². The minimum absolute atomic E-state index is 0. The first-order chi connectivity index (χ1) is 8.15. The lowest BCUT2D eigenvalue weighted by molar-refractivity contribution is -0.688. The second-order valence-corrected chi connectivity index (χ2v) is 3.70. The molecule has 0 spiro atoms. The van der Waals surface area contributed by atoms with Crippen molar-refractivity contribution in [3.05, 3.63) is 65.7 Å². The third-order valence-corrected chi connectivity index (χ3v) is 2.38. The maximum Gasteiger partial charge on any atom is 0.341 e. The van der Waals surface area contributed by atoms with Crippen LogP contribution in [0.1, 0.15) is 15.9 Å². The summed E-state index contributed by atoms with van der Waals surface area (Å²) in [7, 11) is 0. The van der Waals surface area contributed by atoms with Gasteiger partial charge in [0.1, 0.15) is 11.4 Å². The summed E-state index contributed by atoms with van der Waals surface area (Å²) in [6.45, 7) is 0.515. The number of carboxylic acid groups (broad SMARTS) is 1. The fourth-order valence-corrected chi connectivity index (χ4v) is 1.55. The molecular weight excluding hydrogens is 257 g/mol. The van der Waals surface area contributed by atoms with Gasteiger partial charge in [-0.1, -0.05) is 0 Å². The molecule has 0 saturated heterocycles. The molecule has 0 radical (unpaired) electrons. The lowest BCUT2D eigenvalue weighted by Crippen LogP contribution is -3.00. The molecule has 0 unspecified atom stereocenters. The number of nitrogens with zero attached hydrogens (tertiary/aromatic N) is 1. The Hall–Kier alpha value is -1.94. The number of hydrogen-bond acceptors (Lipinski definition) is 1. The minimum Gasteiger partial charge on any atom is -1.00 e. The summed E-state index contributed by atoms with van der Waals surface area (Å²) in [5.74, 6) is -1.24. The summed E-state index contributed by atoms with van der Waals surface area (Å²) < 4.78 is 14.5. The smallest absolute Gasteiger partial charge is 0.341 e. The molecule has 2 rings (SSSR count). The van der Waals surface area contributed by atoms with E-state index >= 15 is 0 Å². The molecule has 0 fully saturated rings. The Morgan fingerprint density at radius 3 is 2.50 bits per heavy atom. The standard InChI is InChI=1S/C13H10FNO2.ClH/c14-12-5-3-10(4-6-12)8-15-7-1-2-11(9-15)13(16)17;/h1-7,9H,8H2;1H. The fraction of sp³-hybridized carbons (Fsp3) is 0.0769. The number of carbonyl (C=O) groups is 1. The fourth-order valence-electron chi connectivity index (χ4n) is 1.55. The Labute approximate surface area is 110 Å². The number of pyridine rings is 1. The van der Waals surface area contributed by atoms with E-state index in [0.29, 0.717) is 6.54 Å². The van der Waals surface area contributed by atoms with Crippen LogP contribution in [0.5, 0.6) is 0 Å². The van der Waals surface area contributed by atoms with Crippen molar-refractivity contribution < 1.29 is 31.3 Å². The van der Waals surface area contributed by atoms with E-state index in [9.17, 15) is 9.18 Å². The second kappa shape index (κ2) is 6.12. The van der Waals surface area contributed by atoms with Crippen molar-refractivity contribution >= 4 is 5.97 Å². The van der Waals surface area contributed by atoms with E-state index in [2.05, 4.69) is 0 Å². The molecule has 18 heavy (non-hydrogen) atoms. The van der Waals surface area contributed by atoms with Crippen LogP contribution in [0.25, 0.3) is 0 Å². The topological polar surface area (TPSA) is 41.2 Å². The van der Waals surface area contributed by atoms with Crippen LogP contribution in [-0.4, -0.2) is 11.1 Å². The van der Waals surface area contributed by atoms with Crippen LogP contribution < -0.4 is 17.0 Å². The molecule has 0 saturated carbocycles. The van der Waals surface area contributed by atoms with Crippen LogP contribution in [-0.2, 0) is 6.54 Å². The molecule has 2 aromatic rings. The van der Waals surface area contributed by atoms with Crippen molar-refractivity contribution in [1.82, 2.24) is 0 Å². The molecule has 0 atom stereocenters. The van der Waals surface area contributed by atoms with E-state index in [-0.39, 0.29) is 23.8 Å². The van der Waals surface area contributed by atoms with Crippen molar-refractivity contribution in [3.8, 4) is 0 Å². The summed E-state index contributed by atoms with van der Waals surface area (Å²) in [5.41, 5.74) is 1.15. The van der Waals surface area contributed by atoms with E-state index in [1.54, 1.807) is 35.2 Å². The van der Waals surface area contributed by atoms with Gasteiger partial charge in [0, 0.05) is 11.6 Å². The summed E-state index contributed by atoms with van der Waals surface area (Å²) in [6, 6.07) is 9.33. The zero-order chi connectivity index (χ0) is 12.3. The van der Waals surface area contributed by atoms with E-state index in [0.717, 1.165) is 5.56 Å². The molecule has 0 bridgehead atoms. The van der Waals surface area contributed by atoms with Crippen LogP contribution in [0.4, 0.5) is 4.39 Å². The Morgan fingerprint density at radius 1 is 1.22 bits per heavy atom. The van der Waals surface area contributed by atoms with Crippen molar-refractivity contribution in [2.24, 2.45) is 0 Å². The van der Waals surface area contributed by atoms with Gasteiger partial charge in [-0.2, -0.15) is 4.57 Å². The molecular formula is C13H11ClFNO2. The number of carboxylic acids is 1. The van der Waals surface area contributed by atoms with E-state index in [4.69, 9.17) is 5.11 Å². The normalized spacial score (nSPS) is 9.61. The number of aromatic nitrogens is 1. The zero-order valence-corrected chi connectivity index (χ0v) is 10.1. The summed E-state index contributed by atoms with van der Waals surface area (Å²) in [6.07, 6.45) is 3.32. The molecule has 5 heteroatoms. The maximum absolute atomic E-state index is 12.7. The van der Waals surface area contributed by atoms with Crippen molar-refractivity contribution in [2.75, 3.05) is 0 Å². The Balaban J connectivity index is 0.00000162. The van der Waals surface area contributed by atoms with Gasteiger partial charge in [-0.15, -0.1) is 0 Å². The highest BCUT2D eigenvalue weighted by Crippen LogP contribution is 2.02. The first-order valence-electron chi connectivity index (χ1n) is 5.12. The zero-order valence-electron chi connectivity index (χ0n) is 9.38. The number of benzene rings is 1. The van der Waals surface area contributed by atoms with Crippen LogP contribution in [0, 0.1) is 5.82 Å². The summed E-state index contributed by atoms with van der Waals surface area (Å²) in [4.78, 5) is 10.8. The average molecular weight is 268 g/mol. The van der Waals surface area contributed by atoms with Crippen LogP contribution in [0.3, 0.4) is 0 Å². The van der Waals surface area contributed by atoms with Gasteiger partial charge in [0.2, 0.25) is 0 Å². The largest absolute Gasteiger partial charge is 1.00 e. The van der Waals surface area contributed by atoms with Gasteiger partial charge in [-0.25, -0.2) is 9.18 Å². The SMILES string of the molecule is O=C(O)c1ccc[n+](Cc2ccc(F)cc2)c1.[Cl-]. The second-order valence-electron chi connectivity index (χ2n) is 3.70. The molecule has 3 nitrogen and oxygen atoms in total. The van der Waals surface area contributed by atoms with Crippen LogP contribution in [0.15, 0.2) is 48.8 Å². The number of halogens is 2. The van der Waals surface area contributed by atoms with Gasteiger partial charge in [0.05, 0.1) is 0 Å². The van der Waals surface area contributed by atoms with Crippen LogP contribution in [0.2, 0.25) is 0 Å². The predicted molar refractivity (Wildman–Crippen MR) is 59.1 cm³/mol. The molecule has 0 amide bonds.